The van der Waals surface area contributed by atoms with Gasteiger partial charge >= 0.3 is 0 Å². The molecule has 11 heteroatoms. The summed E-state index contributed by atoms with van der Waals surface area (Å²) in [6.07, 6.45) is 7.39. The van der Waals surface area contributed by atoms with Crippen molar-refractivity contribution in [3.05, 3.63) is 48.5 Å². The molecule has 3 heterocycles. The van der Waals surface area contributed by atoms with Crippen LogP contribution in [0.25, 0.3) is 0 Å². The van der Waals surface area contributed by atoms with Crippen molar-refractivity contribution in [1.29, 1.82) is 0 Å². The molecule has 1 aromatic carbocycles. The number of aromatic nitrogens is 2. The van der Waals surface area contributed by atoms with Gasteiger partial charge in [0.2, 0.25) is 5.91 Å². The van der Waals surface area contributed by atoms with Gasteiger partial charge in [-0.3, -0.25) is 19.3 Å². The van der Waals surface area contributed by atoms with Crippen LogP contribution >= 0.6 is 0 Å². The van der Waals surface area contributed by atoms with E-state index in [2.05, 4.69) is 22.0 Å². The highest BCUT2D eigenvalue weighted by Gasteiger charge is 2.29. The van der Waals surface area contributed by atoms with Crippen molar-refractivity contribution in [3.8, 4) is 5.75 Å². The minimum atomic E-state index is -0.250. The summed E-state index contributed by atoms with van der Waals surface area (Å²) < 4.78 is 13.5. The number of rotatable bonds is 7. The van der Waals surface area contributed by atoms with E-state index in [0.717, 1.165) is 57.9 Å². The van der Waals surface area contributed by atoms with Crippen molar-refractivity contribution in [1.82, 2.24) is 19.4 Å². The van der Waals surface area contributed by atoms with E-state index in [1.54, 1.807) is 12.5 Å². The first kappa shape index (κ1) is 27.8. The lowest BCUT2D eigenvalue weighted by Crippen LogP contribution is -2.39. The van der Waals surface area contributed by atoms with Crippen LogP contribution in [0.1, 0.15) is 18.4 Å². The molecule has 1 amide bonds. The number of ether oxygens (including phenoxy) is 2. The van der Waals surface area contributed by atoms with Crippen molar-refractivity contribution in [2.24, 2.45) is 5.92 Å². The summed E-state index contributed by atoms with van der Waals surface area (Å²) in [4.78, 5) is 37.9. The Balaban J connectivity index is 0.000000655. The minimum Gasteiger partial charge on any atom is -0.491 e. The van der Waals surface area contributed by atoms with Crippen LogP contribution in [0.2, 0.25) is 0 Å². The second-order valence-corrected chi connectivity index (χ2v) is 7.98. The van der Waals surface area contributed by atoms with E-state index in [4.69, 9.17) is 29.3 Å². The molecule has 4 rings (SSSR count). The van der Waals surface area contributed by atoms with Crippen LogP contribution in [0.5, 0.6) is 5.75 Å². The zero-order chi connectivity index (χ0) is 25.3. The predicted molar refractivity (Wildman–Crippen MR) is 127 cm³/mol. The van der Waals surface area contributed by atoms with Gasteiger partial charge in [0, 0.05) is 57.3 Å². The number of amides is 1. The van der Waals surface area contributed by atoms with Crippen LogP contribution in [-0.2, 0) is 32.2 Å². The maximum Gasteiger partial charge on any atom is 0.290 e. The SMILES string of the molecule is O=C(C1CCOC1)N1CCCN(Cc2ccccc2OCCn2ccnc2)CC1.O=CO.O=CO. The van der Waals surface area contributed by atoms with E-state index < -0.39 is 0 Å². The van der Waals surface area contributed by atoms with Crippen LogP contribution in [0.15, 0.2) is 43.0 Å². The normalized spacial score (nSPS) is 17.7. The zero-order valence-electron chi connectivity index (χ0n) is 19.8. The first-order valence-corrected chi connectivity index (χ1v) is 11.5. The number of hydrogen-bond acceptors (Lipinski definition) is 7. The molecule has 11 nitrogen and oxygen atoms in total. The third-order valence-electron chi connectivity index (χ3n) is 5.71. The van der Waals surface area contributed by atoms with Gasteiger partial charge in [-0.1, -0.05) is 18.2 Å². The number of nitrogens with zero attached hydrogens (tertiary/aromatic N) is 4. The fraction of sp³-hybridized carbons (Fsp3) is 0.500. The molecule has 2 saturated heterocycles. The zero-order valence-corrected chi connectivity index (χ0v) is 19.8. The van der Waals surface area contributed by atoms with Crippen molar-refractivity contribution in [2.75, 3.05) is 46.0 Å². The van der Waals surface area contributed by atoms with E-state index in [-0.39, 0.29) is 24.8 Å². The third kappa shape index (κ3) is 9.75. The quantitative estimate of drug-likeness (QED) is 0.553. The number of para-hydroxylation sites is 1. The Kier molecular flexibility index (Phi) is 12.9. The van der Waals surface area contributed by atoms with E-state index in [1.807, 2.05) is 27.8 Å². The predicted octanol–water partition coefficient (Wildman–Crippen LogP) is 1.43. The molecule has 2 aliphatic rings. The second kappa shape index (κ2) is 16.2. The van der Waals surface area contributed by atoms with Gasteiger partial charge in [-0.25, -0.2) is 4.98 Å². The van der Waals surface area contributed by atoms with Gasteiger partial charge in [-0.15, -0.1) is 0 Å². The van der Waals surface area contributed by atoms with Gasteiger partial charge < -0.3 is 29.2 Å². The average Bonchev–Trinajstić information content (AvgIpc) is 3.53. The highest BCUT2D eigenvalue weighted by atomic mass is 16.5. The smallest absolute Gasteiger partial charge is 0.290 e. The Morgan fingerprint density at radius 2 is 1.91 bits per heavy atom. The van der Waals surface area contributed by atoms with Crippen molar-refractivity contribution < 1.29 is 34.1 Å². The largest absolute Gasteiger partial charge is 0.491 e. The molecule has 2 aromatic rings. The summed E-state index contributed by atoms with van der Waals surface area (Å²) in [5, 5.41) is 13.8. The van der Waals surface area contributed by atoms with Gasteiger partial charge in [0.25, 0.3) is 12.9 Å². The summed E-state index contributed by atoms with van der Waals surface area (Å²) in [6, 6.07) is 8.25. The molecule has 192 valence electrons. The number of benzene rings is 1. The molecule has 2 fully saturated rings. The van der Waals surface area contributed by atoms with Gasteiger partial charge in [-0.2, -0.15) is 0 Å². The molecule has 1 aromatic heterocycles. The maximum absolute atomic E-state index is 12.7. The Labute approximate surface area is 204 Å². The molecule has 1 unspecified atom stereocenters. The van der Waals surface area contributed by atoms with Gasteiger partial charge in [0.15, 0.2) is 0 Å². The third-order valence-corrected chi connectivity index (χ3v) is 5.71. The summed E-state index contributed by atoms with van der Waals surface area (Å²) in [5.74, 6) is 1.27. The number of imidazole rings is 1. The highest BCUT2D eigenvalue weighted by molar-refractivity contribution is 5.79. The first-order valence-electron chi connectivity index (χ1n) is 11.5. The lowest BCUT2D eigenvalue weighted by Gasteiger charge is -2.24. The number of hydrogen-bond donors (Lipinski definition) is 2. The Morgan fingerprint density at radius 1 is 1.14 bits per heavy atom. The van der Waals surface area contributed by atoms with Crippen molar-refractivity contribution in [2.45, 2.75) is 25.9 Å². The average molecular weight is 491 g/mol. The Bertz CT molecular complexity index is 867. The fourth-order valence-corrected chi connectivity index (χ4v) is 4.03. The van der Waals surface area contributed by atoms with Crippen LogP contribution in [0.4, 0.5) is 0 Å². The monoisotopic (exact) mass is 490 g/mol. The Morgan fingerprint density at radius 3 is 2.60 bits per heavy atom. The maximum atomic E-state index is 12.7. The topological polar surface area (TPSA) is 134 Å². The van der Waals surface area contributed by atoms with E-state index >= 15 is 0 Å². The molecule has 1 atom stereocenters. The van der Waals surface area contributed by atoms with Crippen molar-refractivity contribution in [3.63, 3.8) is 0 Å². The fourth-order valence-electron chi connectivity index (χ4n) is 4.03. The molecule has 0 bridgehead atoms. The number of carbonyl (C=O) groups excluding carboxylic acids is 1. The van der Waals surface area contributed by atoms with Crippen LogP contribution in [-0.4, -0.2) is 94.4 Å². The van der Waals surface area contributed by atoms with E-state index in [9.17, 15) is 4.79 Å². The molecule has 0 spiro atoms. The van der Waals surface area contributed by atoms with Crippen LogP contribution < -0.4 is 4.74 Å². The summed E-state index contributed by atoms with van der Waals surface area (Å²) in [5.41, 5.74) is 1.20. The summed E-state index contributed by atoms with van der Waals surface area (Å²) in [7, 11) is 0. The van der Waals surface area contributed by atoms with Gasteiger partial charge in [-0.05, 0) is 18.9 Å². The van der Waals surface area contributed by atoms with Gasteiger partial charge in [0.1, 0.15) is 12.4 Å². The molecule has 2 N–H and O–H groups in total. The Hall–Kier alpha value is -3.44. The summed E-state index contributed by atoms with van der Waals surface area (Å²) >= 11 is 0. The lowest BCUT2D eigenvalue weighted by molar-refractivity contribution is -0.135. The molecule has 2 aliphatic heterocycles. The van der Waals surface area contributed by atoms with Crippen molar-refractivity contribution >= 4 is 18.9 Å². The number of carbonyl (C=O) groups is 3. The molecule has 0 radical (unpaired) electrons. The standard InChI is InChI=1S/C22H30N4O3.2CH2O2/c27-22(20-6-14-28-17-20)26-9-3-8-24(11-12-26)16-19-4-1-2-5-21(19)29-15-13-25-10-7-23-18-25;2*2-1-3/h1-2,4-5,7,10,18,20H,3,6,8-9,11-17H2;2*1H,(H,2,3). The van der Waals surface area contributed by atoms with Gasteiger partial charge in [0.05, 0.1) is 25.4 Å². The van der Waals surface area contributed by atoms with E-state index in [1.165, 1.54) is 5.56 Å². The molecule has 35 heavy (non-hydrogen) atoms. The first-order chi connectivity index (χ1) is 17.1. The molecule has 0 saturated carbocycles. The summed E-state index contributed by atoms with van der Waals surface area (Å²) in [6.45, 7) is 6.55. The van der Waals surface area contributed by atoms with Crippen LogP contribution in [0.3, 0.4) is 0 Å². The highest BCUT2D eigenvalue weighted by Crippen LogP contribution is 2.22. The molecule has 0 aliphatic carbocycles. The lowest BCUT2D eigenvalue weighted by atomic mass is 10.1. The number of carboxylic acid groups (broad SMARTS) is 2. The molecular formula is C24H34N4O7. The molecular weight excluding hydrogens is 456 g/mol. The van der Waals surface area contributed by atoms with E-state index in [0.29, 0.717) is 19.8 Å². The second-order valence-electron chi connectivity index (χ2n) is 7.98. The van der Waals surface area contributed by atoms with Crippen LogP contribution in [0, 0.1) is 5.92 Å². The minimum absolute atomic E-state index is 0.0613.